The Hall–Kier alpha value is -1.89. The van der Waals surface area contributed by atoms with Crippen molar-refractivity contribution in [1.29, 1.82) is 0 Å². The molecule has 0 aromatic heterocycles. The minimum atomic E-state index is -1.24. The van der Waals surface area contributed by atoms with Crippen molar-refractivity contribution in [2.75, 3.05) is 26.3 Å². The number of amides is 3. The van der Waals surface area contributed by atoms with E-state index in [4.69, 9.17) is 9.84 Å². The van der Waals surface area contributed by atoms with Crippen molar-refractivity contribution in [3.8, 4) is 0 Å². The number of nitrogens with one attached hydrogen (secondary N) is 1. The Bertz CT molecular complexity index is 320. The van der Waals surface area contributed by atoms with E-state index in [0.717, 1.165) is 6.08 Å². The van der Waals surface area contributed by atoms with Gasteiger partial charge in [0.25, 0.3) is 5.91 Å². The van der Waals surface area contributed by atoms with Gasteiger partial charge in [0.2, 0.25) is 0 Å². The number of hydrogen-bond acceptors (Lipinski definition) is 4. The molecule has 1 aliphatic rings. The first-order valence-corrected chi connectivity index (χ1v) is 4.68. The lowest BCUT2D eigenvalue weighted by atomic mass is 10.4. The lowest BCUT2D eigenvalue weighted by Gasteiger charge is -2.26. The van der Waals surface area contributed by atoms with Crippen LogP contribution in [0, 0.1) is 0 Å². The van der Waals surface area contributed by atoms with E-state index in [9.17, 15) is 14.4 Å². The highest BCUT2D eigenvalue weighted by molar-refractivity contribution is 6.02. The summed E-state index contributed by atoms with van der Waals surface area (Å²) in [6.45, 7) is 1.71. The van der Waals surface area contributed by atoms with Gasteiger partial charge in [0.05, 0.1) is 13.2 Å². The van der Waals surface area contributed by atoms with E-state index >= 15 is 0 Å². The van der Waals surface area contributed by atoms with Crippen molar-refractivity contribution in [2.45, 2.75) is 0 Å². The first-order valence-electron chi connectivity index (χ1n) is 4.68. The van der Waals surface area contributed by atoms with Crippen LogP contribution in [0.1, 0.15) is 0 Å². The van der Waals surface area contributed by atoms with E-state index in [-0.39, 0.29) is 0 Å². The van der Waals surface area contributed by atoms with Crippen molar-refractivity contribution < 1.29 is 24.2 Å². The van der Waals surface area contributed by atoms with Crippen LogP contribution < -0.4 is 5.32 Å². The first kappa shape index (κ1) is 12.2. The summed E-state index contributed by atoms with van der Waals surface area (Å²) in [5, 5.41) is 10.3. The van der Waals surface area contributed by atoms with Crippen LogP contribution in [0.2, 0.25) is 0 Å². The Balaban J connectivity index is 2.38. The van der Waals surface area contributed by atoms with E-state index < -0.39 is 17.9 Å². The lowest BCUT2D eigenvalue weighted by molar-refractivity contribution is -0.131. The molecule has 0 aromatic rings. The van der Waals surface area contributed by atoms with Gasteiger partial charge in [0.15, 0.2) is 0 Å². The number of carboxylic acids is 1. The summed E-state index contributed by atoms with van der Waals surface area (Å²) in [6, 6.07) is -0.539. The maximum atomic E-state index is 11.4. The molecule has 0 bridgehead atoms. The van der Waals surface area contributed by atoms with Crippen LogP contribution >= 0.6 is 0 Å². The van der Waals surface area contributed by atoms with Crippen LogP contribution in [-0.2, 0) is 14.3 Å². The fourth-order valence-electron chi connectivity index (χ4n) is 1.14. The molecule has 16 heavy (non-hydrogen) atoms. The van der Waals surface area contributed by atoms with Gasteiger partial charge >= 0.3 is 12.0 Å². The van der Waals surface area contributed by atoms with Gasteiger partial charge in [0, 0.05) is 25.2 Å². The second-order valence-electron chi connectivity index (χ2n) is 3.07. The number of carbonyl (C=O) groups is 3. The maximum Gasteiger partial charge on any atom is 0.328 e. The number of hydrogen-bond donors (Lipinski definition) is 2. The fraction of sp³-hybridized carbons (Fsp3) is 0.444. The molecule has 1 heterocycles. The van der Waals surface area contributed by atoms with E-state index in [1.165, 1.54) is 4.90 Å². The second-order valence-corrected chi connectivity index (χ2v) is 3.07. The highest BCUT2D eigenvalue weighted by atomic mass is 16.5. The number of aliphatic carboxylic acids is 1. The quantitative estimate of drug-likeness (QED) is 0.603. The largest absolute Gasteiger partial charge is 0.478 e. The number of ether oxygens (including phenoxy) is 1. The Kier molecular flexibility index (Phi) is 4.46. The third-order valence-electron chi connectivity index (χ3n) is 1.91. The van der Waals surface area contributed by atoms with Gasteiger partial charge in [-0.15, -0.1) is 0 Å². The van der Waals surface area contributed by atoms with E-state index in [1.54, 1.807) is 0 Å². The molecule has 0 spiro atoms. The fourth-order valence-corrected chi connectivity index (χ4v) is 1.14. The Labute approximate surface area is 91.7 Å². The first-order chi connectivity index (χ1) is 7.59. The zero-order chi connectivity index (χ0) is 12.0. The molecule has 2 N–H and O–H groups in total. The lowest BCUT2D eigenvalue weighted by Crippen LogP contribution is -2.47. The number of nitrogens with zero attached hydrogens (tertiary/aromatic N) is 1. The van der Waals surface area contributed by atoms with Gasteiger partial charge in [-0.2, -0.15) is 0 Å². The van der Waals surface area contributed by atoms with Crippen LogP contribution in [0.25, 0.3) is 0 Å². The molecule has 0 unspecified atom stereocenters. The molecular formula is C9H12N2O5. The minimum Gasteiger partial charge on any atom is -0.478 e. The molecule has 3 amide bonds. The van der Waals surface area contributed by atoms with E-state index in [1.807, 2.05) is 5.32 Å². The third-order valence-corrected chi connectivity index (χ3v) is 1.91. The number of rotatable bonds is 2. The monoisotopic (exact) mass is 228 g/mol. The van der Waals surface area contributed by atoms with Gasteiger partial charge in [-0.1, -0.05) is 0 Å². The van der Waals surface area contributed by atoms with Crippen LogP contribution in [-0.4, -0.2) is 54.2 Å². The minimum absolute atomic E-state index is 0.418. The molecule has 0 aliphatic carbocycles. The Morgan fingerprint density at radius 1 is 1.19 bits per heavy atom. The van der Waals surface area contributed by atoms with Gasteiger partial charge in [-0.25, -0.2) is 9.59 Å². The van der Waals surface area contributed by atoms with Crippen molar-refractivity contribution >= 4 is 17.9 Å². The summed E-state index contributed by atoms with van der Waals surface area (Å²) in [7, 11) is 0. The molecule has 7 heteroatoms. The number of carbonyl (C=O) groups excluding carboxylic acids is 2. The summed E-state index contributed by atoms with van der Waals surface area (Å²) in [5.74, 6) is -1.99. The van der Waals surface area contributed by atoms with Crippen LogP contribution in [0.3, 0.4) is 0 Å². The zero-order valence-corrected chi connectivity index (χ0v) is 8.51. The average Bonchev–Trinajstić information content (AvgIpc) is 2.27. The summed E-state index contributed by atoms with van der Waals surface area (Å²) in [4.78, 5) is 34.0. The summed E-state index contributed by atoms with van der Waals surface area (Å²) < 4.78 is 5.04. The number of carboxylic acid groups (broad SMARTS) is 1. The molecule has 7 nitrogen and oxygen atoms in total. The predicted molar refractivity (Wildman–Crippen MR) is 52.7 cm³/mol. The highest BCUT2D eigenvalue weighted by Crippen LogP contribution is 1.96. The van der Waals surface area contributed by atoms with Crippen molar-refractivity contribution in [3.63, 3.8) is 0 Å². The van der Waals surface area contributed by atoms with Crippen molar-refractivity contribution in [2.24, 2.45) is 0 Å². The normalized spacial score (nSPS) is 16.1. The SMILES string of the molecule is O=C(O)/C=C/C(=O)NC(=O)N1CCOCC1. The van der Waals surface area contributed by atoms with Gasteiger partial charge in [-0.05, 0) is 0 Å². The molecule has 88 valence electrons. The van der Waals surface area contributed by atoms with Gasteiger partial charge in [-0.3, -0.25) is 10.1 Å². The number of morpholine rings is 1. The topological polar surface area (TPSA) is 95.9 Å². The maximum absolute atomic E-state index is 11.4. The molecule has 1 fully saturated rings. The average molecular weight is 228 g/mol. The standard InChI is InChI=1S/C9H12N2O5/c12-7(1-2-8(13)14)10-9(15)11-3-5-16-6-4-11/h1-2H,3-6H2,(H,13,14)(H,10,12,15)/b2-1+. The number of imide groups is 1. The molecule has 1 saturated heterocycles. The summed E-state index contributed by atoms with van der Waals surface area (Å²) in [6.07, 6.45) is 1.46. The third kappa shape index (κ3) is 4.09. The predicted octanol–water partition coefficient (Wildman–Crippen LogP) is -0.804. The molecule has 1 aliphatic heterocycles. The molecule has 1 rings (SSSR count). The zero-order valence-electron chi connectivity index (χ0n) is 8.51. The van der Waals surface area contributed by atoms with E-state index in [2.05, 4.69) is 0 Å². The number of urea groups is 1. The van der Waals surface area contributed by atoms with Gasteiger partial charge < -0.3 is 14.7 Å². The molecule has 0 saturated carbocycles. The molecular weight excluding hydrogens is 216 g/mol. The molecule has 0 radical (unpaired) electrons. The van der Waals surface area contributed by atoms with Gasteiger partial charge in [0.1, 0.15) is 0 Å². The summed E-state index contributed by atoms with van der Waals surface area (Å²) in [5.41, 5.74) is 0. The van der Waals surface area contributed by atoms with Crippen LogP contribution in [0.4, 0.5) is 4.79 Å². The van der Waals surface area contributed by atoms with E-state index in [0.29, 0.717) is 32.4 Å². The van der Waals surface area contributed by atoms with Crippen LogP contribution in [0.15, 0.2) is 12.2 Å². The van der Waals surface area contributed by atoms with Crippen molar-refractivity contribution in [1.82, 2.24) is 10.2 Å². The van der Waals surface area contributed by atoms with Crippen molar-refractivity contribution in [3.05, 3.63) is 12.2 Å². The second kappa shape index (κ2) is 5.86. The molecule has 0 aromatic carbocycles. The highest BCUT2D eigenvalue weighted by Gasteiger charge is 2.17. The molecule has 0 atom stereocenters. The Morgan fingerprint density at radius 3 is 2.38 bits per heavy atom. The Morgan fingerprint density at radius 2 is 1.81 bits per heavy atom. The van der Waals surface area contributed by atoms with Crippen LogP contribution in [0.5, 0.6) is 0 Å². The summed E-state index contributed by atoms with van der Waals surface area (Å²) >= 11 is 0. The smallest absolute Gasteiger partial charge is 0.328 e.